The number of esters is 1. The zero-order valence-electron chi connectivity index (χ0n) is 8.34. The number of rotatable bonds is 3. The Morgan fingerprint density at radius 3 is 2.85 bits per heavy atom. The lowest BCUT2D eigenvalue weighted by molar-refractivity contribution is -0.461. The predicted octanol–water partition coefficient (Wildman–Crippen LogP) is -0.413. The standard InChI is InChI=1S/C9H17NO3/c1-12-6-7-3-4-9(10,5-7)8(11)13-2/h7H,3-6,10H2,1-2H3/p+1/t7-,9+/m1/s1. The van der Waals surface area contributed by atoms with Crippen molar-refractivity contribution in [3.05, 3.63) is 0 Å². The molecule has 13 heavy (non-hydrogen) atoms. The summed E-state index contributed by atoms with van der Waals surface area (Å²) in [5.41, 5.74) is 3.43. The van der Waals surface area contributed by atoms with Crippen molar-refractivity contribution in [1.29, 1.82) is 0 Å². The van der Waals surface area contributed by atoms with E-state index in [0.29, 0.717) is 12.5 Å². The fourth-order valence-corrected chi connectivity index (χ4v) is 2.02. The monoisotopic (exact) mass is 188 g/mol. The van der Waals surface area contributed by atoms with E-state index in [1.807, 2.05) is 0 Å². The molecule has 0 saturated heterocycles. The lowest BCUT2D eigenvalue weighted by atomic mass is 9.98. The highest BCUT2D eigenvalue weighted by atomic mass is 16.5. The van der Waals surface area contributed by atoms with Gasteiger partial charge in [-0.1, -0.05) is 0 Å². The minimum Gasteiger partial charge on any atom is -0.464 e. The Kier molecular flexibility index (Phi) is 3.27. The molecule has 0 bridgehead atoms. The zero-order valence-corrected chi connectivity index (χ0v) is 8.34. The third-order valence-corrected chi connectivity index (χ3v) is 2.73. The summed E-state index contributed by atoms with van der Waals surface area (Å²) in [7, 11) is 3.10. The lowest BCUT2D eigenvalue weighted by Gasteiger charge is -2.16. The maximum Gasteiger partial charge on any atom is 0.367 e. The Balaban J connectivity index is 2.50. The summed E-state index contributed by atoms with van der Waals surface area (Å²) in [4.78, 5) is 11.4. The Morgan fingerprint density at radius 1 is 1.62 bits per heavy atom. The van der Waals surface area contributed by atoms with Crippen LogP contribution in [-0.2, 0) is 14.3 Å². The van der Waals surface area contributed by atoms with Gasteiger partial charge < -0.3 is 15.2 Å². The first-order valence-electron chi connectivity index (χ1n) is 4.55. The topological polar surface area (TPSA) is 63.2 Å². The molecule has 1 aliphatic carbocycles. The summed E-state index contributed by atoms with van der Waals surface area (Å²) < 4.78 is 9.77. The van der Waals surface area contributed by atoms with Gasteiger partial charge in [0, 0.05) is 26.6 Å². The smallest absolute Gasteiger partial charge is 0.367 e. The van der Waals surface area contributed by atoms with Crippen LogP contribution in [0.25, 0.3) is 0 Å². The van der Waals surface area contributed by atoms with Gasteiger partial charge in [0.25, 0.3) is 0 Å². The van der Waals surface area contributed by atoms with Crippen molar-refractivity contribution in [2.75, 3.05) is 20.8 Å². The van der Waals surface area contributed by atoms with Crippen molar-refractivity contribution in [3.8, 4) is 0 Å². The second-order valence-electron chi connectivity index (χ2n) is 3.84. The van der Waals surface area contributed by atoms with Gasteiger partial charge in [0.15, 0.2) is 5.54 Å². The fraction of sp³-hybridized carbons (Fsp3) is 0.889. The molecule has 0 radical (unpaired) electrons. The van der Waals surface area contributed by atoms with Gasteiger partial charge >= 0.3 is 5.97 Å². The van der Waals surface area contributed by atoms with Crippen LogP contribution in [0.4, 0.5) is 0 Å². The van der Waals surface area contributed by atoms with Gasteiger partial charge in [-0.25, -0.2) is 4.79 Å². The molecule has 3 N–H and O–H groups in total. The van der Waals surface area contributed by atoms with Crippen LogP contribution >= 0.6 is 0 Å². The quantitative estimate of drug-likeness (QED) is 0.612. The highest BCUT2D eigenvalue weighted by molar-refractivity contribution is 5.79. The minimum atomic E-state index is -0.516. The summed E-state index contributed by atoms with van der Waals surface area (Å²) in [5, 5.41) is 0. The summed E-state index contributed by atoms with van der Waals surface area (Å²) in [5.74, 6) is 0.271. The SMILES string of the molecule is COC[C@@H]1CC[C@@]([NH3+])(C(=O)OC)C1. The molecule has 0 aliphatic heterocycles. The Hall–Kier alpha value is -0.610. The second-order valence-corrected chi connectivity index (χ2v) is 3.84. The van der Waals surface area contributed by atoms with E-state index in [1.54, 1.807) is 7.11 Å². The van der Waals surface area contributed by atoms with Gasteiger partial charge in [0.2, 0.25) is 0 Å². The largest absolute Gasteiger partial charge is 0.464 e. The molecule has 0 aromatic rings. The Labute approximate surface area is 78.4 Å². The first-order chi connectivity index (χ1) is 6.12. The predicted molar refractivity (Wildman–Crippen MR) is 46.9 cm³/mol. The molecular weight excluding hydrogens is 170 g/mol. The lowest BCUT2D eigenvalue weighted by Crippen LogP contribution is -2.75. The first-order valence-corrected chi connectivity index (χ1v) is 4.55. The number of ether oxygens (including phenoxy) is 2. The van der Waals surface area contributed by atoms with Crippen LogP contribution in [-0.4, -0.2) is 32.3 Å². The molecule has 4 heteroatoms. The van der Waals surface area contributed by atoms with Crippen LogP contribution in [0.15, 0.2) is 0 Å². The molecule has 0 spiro atoms. The van der Waals surface area contributed by atoms with Crippen molar-refractivity contribution < 1.29 is 20.0 Å². The Bertz CT molecular complexity index is 195. The molecule has 0 aromatic carbocycles. The highest BCUT2D eigenvalue weighted by Crippen LogP contribution is 2.32. The molecule has 0 heterocycles. The maximum absolute atomic E-state index is 11.4. The molecule has 76 valence electrons. The average molecular weight is 188 g/mol. The van der Waals surface area contributed by atoms with Gasteiger partial charge in [-0.2, -0.15) is 0 Å². The van der Waals surface area contributed by atoms with Crippen molar-refractivity contribution in [2.24, 2.45) is 5.92 Å². The summed E-state index contributed by atoms with van der Waals surface area (Å²) in [6, 6.07) is 0. The van der Waals surface area contributed by atoms with Crippen LogP contribution in [0.3, 0.4) is 0 Å². The van der Waals surface area contributed by atoms with Crippen molar-refractivity contribution in [2.45, 2.75) is 24.8 Å². The van der Waals surface area contributed by atoms with E-state index >= 15 is 0 Å². The second kappa shape index (κ2) is 4.07. The number of quaternary nitrogens is 1. The van der Waals surface area contributed by atoms with Crippen LogP contribution in [0.5, 0.6) is 0 Å². The van der Waals surface area contributed by atoms with Crippen molar-refractivity contribution in [3.63, 3.8) is 0 Å². The summed E-state index contributed by atoms with van der Waals surface area (Å²) in [6.07, 6.45) is 2.60. The minimum absolute atomic E-state index is 0.189. The van der Waals surface area contributed by atoms with E-state index in [0.717, 1.165) is 19.3 Å². The maximum atomic E-state index is 11.4. The fourth-order valence-electron chi connectivity index (χ4n) is 2.02. The van der Waals surface area contributed by atoms with E-state index in [-0.39, 0.29) is 5.97 Å². The molecule has 2 atom stereocenters. The van der Waals surface area contributed by atoms with E-state index in [1.165, 1.54) is 7.11 Å². The molecule has 4 nitrogen and oxygen atoms in total. The highest BCUT2D eigenvalue weighted by Gasteiger charge is 2.46. The van der Waals surface area contributed by atoms with Crippen molar-refractivity contribution in [1.82, 2.24) is 0 Å². The first kappa shape index (κ1) is 10.5. The molecule has 0 unspecified atom stereocenters. The normalized spacial score (nSPS) is 33.3. The van der Waals surface area contributed by atoms with Gasteiger partial charge in [-0.05, 0) is 12.3 Å². The zero-order chi connectivity index (χ0) is 9.90. The van der Waals surface area contributed by atoms with Crippen LogP contribution < -0.4 is 5.73 Å². The third kappa shape index (κ3) is 2.19. The molecule has 0 amide bonds. The van der Waals surface area contributed by atoms with Gasteiger partial charge in [0.05, 0.1) is 7.11 Å². The van der Waals surface area contributed by atoms with E-state index in [4.69, 9.17) is 9.47 Å². The van der Waals surface area contributed by atoms with E-state index < -0.39 is 5.54 Å². The number of carbonyl (C=O) groups is 1. The molecule has 1 saturated carbocycles. The van der Waals surface area contributed by atoms with Crippen LogP contribution in [0.1, 0.15) is 19.3 Å². The molecule has 1 rings (SSSR count). The summed E-state index contributed by atoms with van der Waals surface area (Å²) in [6.45, 7) is 0.717. The number of methoxy groups -OCH3 is 2. The molecule has 1 fully saturated rings. The van der Waals surface area contributed by atoms with E-state index in [9.17, 15) is 4.79 Å². The average Bonchev–Trinajstić information content (AvgIpc) is 2.48. The molecule has 1 aliphatic rings. The van der Waals surface area contributed by atoms with Gasteiger partial charge in [-0.15, -0.1) is 0 Å². The van der Waals surface area contributed by atoms with Crippen molar-refractivity contribution >= 4 is 5.97 Å². The summed E-state index contributed by atoms with van der Waals surface area (Å²) >= 11 is 0. The number of carbonyl (C=O) groups excluding carboxylic acids is 1. The van der Waals surface area contributed by atoms with Crippen LogP contribution in [0, 0.1) is 5.92 Å². The third-order valence-electron chi connectivity index (χ3n) is 2.73. The number of hydrogen-bond donors (Lipinski definition) is 1. The van der Waals surface area contributed by atoms with Crippen LogP contribution in [0.2, 0.25) is 0 Å². The Morgan fingerprint density at radius 2 is 2.31 bits per heavy atom. The van der Waals surface area contributed by atoms with E-state index in [2.05, 4.69) is 5.73 Å². The van der Waals surface area contributed by atoms with Gasteiger partial charge in [-0.3, -0.25) is 0 Å². The molecular formula is C9H18NO3+. The molecule has 0 aromatic heterocycles. The van der Waals surface area contributed by atoms with Gasteiger partial charge in [0.1, 0.15) is 0 Å². The number of hydrogen-bond acceptors (Lipinski definition) is 3.